The molecule has 1 atom stereocenters. The molecule has 0 radical (unpaired) electrons. The van der Waals surface area contributed by atoms with Gasteiger partial charge >= 0.3 is 0 Å². The molecular formula is C12H15N3O2S. The van der Waals surface area contributed by atoms with E-state index in [0.717, 1.165) is 4.88 Å². The van der Waals surface area contributed by atoms with Crippen molar-refractivity contribution in [3.8, 4) is 0 Å². The van der Waals surface area contributed by atoms with Gasteiger partial charge in [-0.2, -0.15) is 0 Å². The molecule has 0 saturated heterocycles. The minimum Gasteiger partial charge on any atom is -0.394 e. The molecule has 2 heterocycles. The molecule has 96 valence electrons. The van der Waals surface area contributed by atoms with Crippen molar-refractivity contribution >= 4 is 16.3 Å². The van der Waals surface area contributed by atoms with Crippen molar-refractivity contribution in [1.82, 2.24) is 14.7 Å². The third kappa shape index (κ3) is 2.66. The van der Waals surface area contributed by atoms with E-state index < -0.39 is 0 Å². The lowest BCUT2D eigenvalue weighted by molar-refractivity contribution is 0.263. The van der Waals surface area contributed by atoms with Crippen LogP contribution in [0.2, 0.25) is 0 Å². The third-order valence-corrected chi connectivity index (χ3v) is 3.46. The molecule has 2 N–H and O–H groups in total. The van der Waals surface area contributed by atoms with Crippen LogP contribution in [0, 0.1) is 6.92 Å². The van der Waals surface area contributed by atoms with Gasteiger partial charge in [-0.15, -0.1) is 17.9 Å². The van der Waals surface area contributed by atoms with E-state index in [1.807, 2.05) is 6.92 Å². The first-order valence-corrected chi connectivity index (χ1v) is 6.41. The fraction of sp³-hybridized carbons (Fsp3) is 0.333. The number of nitrogens with zero attached hydrogens (tertiary/aromatic N) is 2. The molecule has 6 heteroatoms. The van der Waals surface area contributed by atoms with Crippen LogP contribution in [0.25, 0.3) is 4.96 Å². The minimum absolute atomic E-state index is 0.0250. The number of aryl methyl sites for hydroxylation is 1. The second kappa shape index (κ2) is 5.43. The second-order valence-corrected chi connectivity index (χ2v) is 5.20. The zero-order chi connectivity index (χ0) is 13.1. The highest BCUT2D eigenvalue weighted by Gasteiger charge is 2.07. The van der Waals surface area contributed by atoms with E-state index in [9.17, 15) is 4.79 Å². The highest BCUT2D eigenvalue weighted by atomic mass is 32.1. The van der Waals surface area contributed by atoms with E-state index in [-0.39, 0.29) is 18.2 Å². The Morgan fingerprint density at radius 1 is 1.72 bits per heavy atom. The molecule has 2 aromatic heterocycles. The number of rotatable bonds is 5. The van der Waals surface area contributed by atoms with E-state index in [2.05, 4.69) is 16.9 Å². The second-order valence-electron chi connectivity index (χ2n) is 3.99. The summed E-state index contributed by atoms with van der Waals surface area (Å²) in [5, 5.41) is 12.1. The van der Waals surface area contributed by atoms with Gasteiger partial charge in [-0.3, -0.25) is 9.20 Å². The van der Waals surface area contributed by atoms with Crippen molar-refractivity contribution < 1.29 is 5.11 Å². The van der Waals surface area contributed by atoms with Crippen LogP contribution in [0.3, 0.4) is 0 Å². The van der Waals surface area contributed by atoms with Crippen molar-refractivity contribution in [3.63, 3.8) is 0 Å². The predicted molar refractivity (Wildman–Crippen MR) is 72.0 cm³/mol. The van der Waals surface area contributed by atoms with Crippen LogP contribution in [0.15, 0.2) is 29.7 Å². The summed E-state index contributed by atoms with van der Waals surface area (Å²) >= 11 is 1.48. The summed E-state index contributed by atoms with van der Waals surface area (Å²) in [6.07, 6.45) is 3.41. The molecule has 2 rings (SSSR count). The van der Waals surface area contributed by atoms with Gasteiger partial charge in [-0.25, -0.2) is 4.98 Å². The minimum atomic E-state index is -0.185. The summed E-state index contributed by atoms with van der Waals surface area (Å²) in [6.45, 7) is 5.95. The van der Waals surface area contributed by atoms with Crippen LogP contribution in [-0.4, -0.2) is 27.1 Å². The number of thiazole rings is 1. The van der Waals surface area contributed by atoms with E-state index in [0.29, 0.717) is 17.2 Å². The van der Waals surface area contributed by atoms with Crippen LogP contribution in [-0.2, 0) is 6.54 Å². The number of aromatic nitrogens is 2. The zero-order valence-corrected chi connectivity index (χ0v) is 10.9. The summed E-state index contributed by atoms with van der Waals surface area (Å²) in [6, 6.07) is 1.32. The Kier molecular flexibility index (Phi) is 3.90. The normalized spacial score (nSPS) is 12.8. The van der Waals surface area contributed by atoms with Crippen molar-refractivity contribution in [2.45, 2.75) is 19.5 Å². The maximum Gasteiger partial charge on any atom is 0.258 e. The standard InChI is InChI=1S/C12H15N3O2S/c1-3-9(7-16)13-5-10-4-11(17)15-6-8(2)18-12(15)14-10/h3-4,6,9,13,16H,1,5,7H2,2H3/t9-/m1/s1. The molecule has 0 aliphatic carbocycles. The molecule has 0 unspecified atom stereocenters. The molecule has 5 nitrogen and oxygen atoms in total. The van der Waals surface area contributed by atoms with Gasteiger partial charge < -0.3 is 10.4 Å². The summed E-state index contributed by atoms with van der Waals surface area (Å²) in [5.74, 6) is 0. The monoisotopic (exact) mass is 265 g/mol. The lowest BCUT2D eigenvalue weighted by Crippen LogP contribution is -2.30. The predicted octanol–water partition coefficient (Wildman–Crippen LogP) is 0.701. The molecule has 0 fully saturated rings. The first-order valence-electron chi connectivity index (χ1n) is 5.59. The number of hydrogen-bond donors (Lipinski definition) is 2. The Bertz CT molecular complexity index is 617. The molecule has 0 saturated carbocycles. The SMILES string of the molecule is C=C[C@H](CO)NCc1cc(=O)n2cc(C)sc2n1. The fourth-order valence-electron chi connectivity index (χ4n) is 1.61. The van der Waals surface area contributed by atoms with Crippen LogP contribution < -0.4 is 10.9 Å². The summed E-state index contributed by atoms with van der Waals surface area (Å²) in [5.41, 5.74) is 0.586. The maximum absolute atomic E-state index is 11.8. The largest absolute Gasteiger partial charge is 0.394 e. The number of aliphatic hydroxyl groups excluding tert-OH is 1. The smallest absolute Gasteiger partial charge is 0.258 e. The van der Waals surface area contributed by atoms with Gasteiger partial charge in [0.2, 0.25) is 0 Å². The molecular weight excluding hydrogens is 250 g/mol. The number of fused-ring (bicyclic) bond motifs is 1. The number of aliphatic hydroxyl groups is 1. The van der Waals surface area contributed by atoms with Gasteiger partial charge in [0.1, 0.15) is 0 Å². The van der Waals surface area contributed by atoms with Gasteiger partial charge in [0.15, 0.2) is 4.96 Å². The van der Waals surface area contributed by atoms with Gasteiger partial charge in [-0.1, -0.05) is 6.08 Å². The van der Waals surface area contributed by atoms with Crippen LogP contribution in [0.4, 0.5) is 0 Å². The molecule has 18 heavy (non-hydrogen) atoms. The topological polar surface area (TPSA) is 66.6 Å². The molecule has 0 bridgehead atoms. The van der Waals surface area contributed by atoms with Crippen LogP contribution in [0.5, 0.6) is 0 Å². The highest BCUT2D eigenvalue weighted by Crippen LogP contribution is 2.12. The summed E-state index contributed by atoms with van der Waals surface area (Å²) < 4.78 is 1.54. The number of nitrogens with one attached hydrogen (secondary N) is 1. The lowest BCUT2D eigenvalue weighted by Gasteiger charge is -2.10. The lowest BCUT2D eigenvalue weighted by atomic mass is 10.3. The Balaban J connectivity index is 2.24. The maximum atomic E-state index is 11.8. The molecule has 0 aliphatic heterocycles. The van der Waals surface area contributed by atoms with E-state index in [1.54, 1.807) is 16.7 Å². The Labute approximate surface area is 108 Å². The molecule has 0 aliphatic rings. The van der Waals surface area contributed by atoms with Crippen LogP contribution >= 0.6 is 11.3 Å². The van der Waals surface area contributed by atoms with Gasteiger partial charge in [0.25, 0.3) is 5.56 Å². The van der Waals surface area contributed by atoms with E-state index in [4.69, 9.17) is 5.11 Å². The Morgan fingerprint density at radius 2 is 2.50 bits per heavy atom. The van der Waals surface area contributed by atoms with Crippen molar-refractivity contribution in [1.29, 1.82) is 0 Å². The number of hydrogen-bond acceptors (Lipinski definition) is 5. The average Bonchev–Trinajstić information content (AvgIpc) is 2.72. The van der Waals surface area contributed by atoms with Crippen molar-refractivity contribution in [3.05, 3.63) is 45.8 Å². The van der Waals surface area contributed by atoms with Crippen LogP contribution in [0.1, 0.15) is 10.6 Å². The Morgan fingerprint density at radius 3 is 3.17 bits per heavy atom. The zero-order valence-electron chi connectivity index (χ0n) is 10.1. The Hall–Kier alpha value is -1.50. The highest BCUT2D eigenvalue weighted by molar-refractivity contribution is 7.16. The van der Waals surface area contributed by atoms with Gasteiger partial charge in [0, 0.05) is 29.7 Å². The molecule has 0 spiro atoms. The first kappa shape index (κ1) is 12.9. The van der Waals surface area contributed by atoms with Crippen molar-refractivity contribution in [2.24, 2.45) is 0 Å². The molecule has 0 aromatic carbocycles. The average molecular weight is 265 g/mol. The summed E-state index contributed by atoms with van der Waals surface area (Å²) in [7, 11) is 0. The summed E-state index contributed by atoms with van der Waals surface area (Å²) in [4.78, 5) is 18.0. The quantitative estimate of drug-likeness (QED) is 0.781. The molecule has 2 aromatic rings. The first-order chi connectivity index (χ1) is 8.63. The fourth-order valence-corrected chi connectivity index (χ4v) is 2.46. The van der Waals surface area contributed by atoms with Crippen molar-refractivity contribution in [2.75, 3.05) is 6.61 Å². The molecule has 0 amide bonds. The third-order valence-electron chi connectivity index (χ3n) is 2.56. The van der Waals surface area contributed by atoms with Gasteiger partial charge in [0.05, 0.1) is 12.3 Å². The van der Waals surface area contributed by atoms with Gasteiger partial charge in [-0.05, 0) is 6.92 Å². The van der Waals surface area contributed by atoms with E-state index in [1.165, 1.54) is 17.4 Å². The van der Waals surface area contributed by atoms with E-state index >= 15 is 0 Å².